The second kappa shape index (κ2) is 4.95. The Morgan fingerprint density at radius 3 is 2.60 bits per heavy atom. The smallest absolute Gasteiger partial charge is 0.158 e. The Morgan fingerprint density at radius 2 is 2.00 bits per heavy atom. The molecular formula is C9H18ClNO4. The predicted octanol–water partition coefficient (Wildman–Crippen LogP) is -0.761. The molecule has 0 aromatic rings. The molecule has 0 bridgehead atoms. The van der Waals surface area contributed by atoms with Gasteiger partial charge in [0.15, 0.2) is 6.29 Å². The number of hydrogen-bond donors (Lipinski definition) is 3. The first-order valence-electron chi connectivity index (χ1n) is 4.93. The van der Waals surface area contributed by atoms with Crippen molar-refractivity contribution in [1.29, 1.82) is 0 Å². The highest BCUT2D eigenvalue weighted by molar-refractivity contribution is 5.85. The Morgan fingerprint density at radius 1 is 1.33 bits per heavy atom. The zero-order valence-electron chi connectivity index (χ0n) is 8.57. The molecule has 0 spiro atoms. The number of aliphatic hydroxyl groups excluding tert-OH is 2. The minimum Gasteiger partial charge on any atom is -0.390 e. The summed E-state index contributed by atoms with van der Waals surface area (Å²) in [6.45, 7) is 0. The van der Waals surface area contributed by atoms with Crippen molar-refractivity contribution in [1.82, 2.24) is 0 Å². The molecule has 15 heavy (non-hydrogen) atoms. The number of fused-ring (bicyclic) bond motifs is 1. The molecule has 0 radical (unpaired) electrons. The van der Waals surface area contributed by atoms with E-state index in [1.54, 1.807) is 7.11 Å². The number of hydrogen-bond acceptors (Lipinski definition) is 5. The van der Waals surface area contributed by atoms with Crippen LogP contribution in [0.1, 0.15) is 12.8 Å². The fourth-order valence-corrected chi connectivity index (χ4v) is 2.40. The van der Waals surface area contributed by atoms with Crippen molar-refractivity contribution in [3.8, 4) is 0 Å². The molecule has 5 unspecified atom stereocenters. The molecule has 0 amide bonds. The Hall–Kier alpha value is 0.0900. The highest BCUT2D eigenvalue weighted by atomic mass is 35.5. The number of aliphatic hydroxyl groups is 2. The molecule has 2 rings (SSSR count). The van der Waals surface area contributed by atoms with Gasteiger partial charge in [-0.25, -0.2) is 0 Å². The maximum atomic E-state index is 9.58. The van der Waals surface area contributed by atoms with Crippen molar-refractivity contribution in [3.63, 3.8) is 0 Å². The summed E-state index contributed by atoms with van der Waals surface area (Å²) in [5.41, 5.74) is 5.83. The highest BCUT2D eigenvalue weighted by Crippen LogP contribution is 2.37. The van der Waals surface area contributed by atoms with E-state index in [4.69, 9.17) is 15.2 Å². The standard InChI is InChI=1S/C9H17NO4.ClH/c1-13-7-2-4-6(14-7)3-5(11)9(12)8(4)10;/h4-9,11-12H,2-3,10H2,1H3;1H/t4?,5?,6-,7?,8?,9?;/m0./s1. The van der Waals surface area contributed by atoms with Crippen LogP contribution in [0.15, 0.2) is 0 Å². The lowest BCUT2D eigenvalue weighted by atomic mass is 9.79. The van der Waals surface area contributed by atoms with E-state index in [9.17, 15) is 10.2 Å². The topological polar surface area (TPSA) is 84.9 Å². The molecule has 4 N–H and O–H groups in total. The van der Waals surface area contributed by atoms with Gasteiger partial charge >= 0.3 is 0 Å². The van der Waals surface area contributed by atoms with E-state index in [2.05, 4.69) is 0 Å². The summed E-state index contributed by atoms with van der Waals surface area (Å²) in [5, 5.41) is 19.1. The molecule has 6 heteroatoms. The van der Waals surface area contributed by atoms with E-state index in [-0.39, 0.29) is 30.7 Å². The molecule has 1 saturated heterocycles. The number of nitrogens with two attached hydrogens (primary N) is 1. The van der Waals surface area contributed by atoms with Crippen molar-refractivity contribution in [2.45, 2.75) is 43.5 Å². The summed E-state index contributed by atoms with van der Waals surface area (Å²) >= 11 is 0. The number of methoxy groups -OCH3 is 1. The Balaban J connectivity index is 0.00000112. The van der Waals surface area contributed by atoms with Gasteiger partial charge in [-0.05, 0) is 0 Å². The summed E-state index contributed by atoms with van der Waals surface area (Å²) in [6, 6.07) is -0.413. The van der Waals surface area contributed by atoms with Crippen LogP contribution in [0.4, 0.5) is 0 Å². The van der Waals surface area contributed by atoms with Crippen LogP contribution in [0, 0.1) is 5.92 Å². The molecule has 0 aromatic carbocycles. The molecule has 1 heterocycles. The van der Waals surface area contributed by atoms with E-state index >= 15 is 0 Å². The average molecular weight is 240 g/mol. The fourth-order valence-electron chi connectivity index (χ4n) is 2.40. The van der Waals surface area contributed by atoms with E-state index in [1.165, 1.54) is 0 Å². The van der Waals surface area contributed by atoms with Crippen molar-refractivity contribution < 1.29 is 19.7 Å². The largest absolute Gasteiger partial charge is 0.390 e. The molecule has 1 aliphatic carbocycles. The zero-order valence-corrected chi connectivity index (χ0v) is 9.39. The Bertz CT molecular complexity index is 218. The second-order valence-corrected chi connectivity index (χ2v) is 4.11. The first kappa shape index (κ1) is 13.2. The van der Waals surface area contributed by atoms with Crippen LogP contribution in [0.2, 0.25) is 0 Å². The van der Waals surface area contributed by atoms with Gasteiger partial charge in [-0.3, -0.25) is 0 Å². The molecule has 1 saturated carbocycles. The SMILES string of the molecule is COC1CC2C(N)C(O)C(O)C[C@@H]2O1.Cl. The van der Waals surface area contributed by atoms with Gasteiger partial charge in [0, 0.05) is 31.9 Å². The summed E-state index contributed by atoms with van der Waals surface area (Å²) < 4.78 is 10.6. The van der Waals surface area contributed by atoms with Crippen molar-refractivity contribution in [3.05, 3.63) is 0 Å². The van der Waals surface area contributed by atoms with Gasteiger partial charge in [0.25, 0.3) is 0 Å². The third-order valence-electron chi connectivity index (χ3n) is 3.29. The van der Waals surface area contributed by atoms with Crippen LogP contribution >= 0.6 is 12.4 Å². The normalized spacial score (nSPS) is 49.6. The van der Waals surface area contributed by atoms with Crippen molar-refractivity contribution in [2.24, 2.45) is 11.7 Å². The van der Waals surface area contributed by atoms with E-state index in [0.717, 1.165) is 0 Å². The maximum Gasteiger partial charge on any atom is 0.158 e. The first-order valence-corrected chi connectivity index (χ1v) is 4.93. The lowest BCUT2D eigenvalue weighted by Gasteiger charge is -2.37. The van der Waals surface area contributed by atoms with Gasteiger partial charge < -0.3 is 25.4 Å². The van der Waals surface area contributed by atoms with Crippen LogP contribution in [-0.4, -0.2) is 48.0 Å². The maximum absolute atomic E-state index is 9.58. The first-order chi connectivity index (χ1) is 6.63. The predicted molar refractivity (Wildman–Crippen MR) is 55.6 cm³/mol. The molecule has 1 aliphatic heterocycles. The van der Waals surface area contributed by atoms with Crippen LogP contribution in [0.3, 0.4) is 0 Å². The average Bonchev–Trinajstić information content (AvgIpc) is 2.57. The molecule has 0 aromatic heterocycles. The monoisotopic (exact) mass is 239 g/mol. The molecule has 6 atom stereocenters. The third kappa shape index (κ3) is 2.27. The Kier molecular flexibility index (Phi) is 4.34. The lowest BCUT2D eigenvalue weighted by Crippen LogP contribution is -2.55. The van der Waals surface area contributed by atoms with Gasteiger partial charge in [0.2, 0.25) is 0 Å². The third-order valence-corrected chi connectivity index (χ3v) is 3.29. The van der Waals surface area contributed by atoms with E-state index in [1.807, 2.05) is 0 Å². The summed E-state index contributed by atoms with van der Waals surface area (Å²) in [5.74, 6) is 0.0957. The molecule has 5 nitrogen and oxygen atoms in total. The molecule has 2 aliphatic rings. The van der Waals surface area contributed by atoms with Crippen LogP contribution in [0.5, 0.6) is 0 Å². The van der Waals surface area contributed by atoms with E-state index < -0.39 is 18.2 Å². The van der Waals surface area contributed by atoms with Crippen LogP contribution < -0.4 is 5.73 Å². The molecular weight excluding hydrogens is 222 g/mol. The lowest BCUT2D eigenvalue weighted by molar-refractivity contribution is -0.139. The van der Waals surface area contributed by atoms with E-state index in [0.29, 0.717) is 12.8 Å². The second-order valence-electron chi connectivity index (χ2n) is 4.11. The summed E-state index contributed by atoms with van der Waals surface area (Å²) in [6.07, 6.45) is -0.787. The summed E-state index contributed by atoms with van der Waals surface area (Å²) in [4.78, 5) is 0. The van der Waals surface area contributed by atoms with Gasteiger partial charge in [-0.2, -0.15) is 0 Å². The number of ether oxygens (including phenoxy) is 2. The zero-order chi connectivity index (χ0) is 10.3. The van der Waals surface area contributed by atoms with Crippen LogP contribution in [-0.2, 0) is 9.47 Å². The number of halogens is 1. The van der Waals surface area contributed by atoms with Crippen LogP contribution in [0.25, 0.3) is 0 Å². The minimum absolute atomic E-state index is 0. The molecule has 90 valence electrons. The number of rotatable bonds is 1. The van der Waals surface area contributed by atoms with Gasteiger partial charge in [0.1, 0.15) is 0 Å². The van der Waals surface area contributed by atoms with Crippen molar-refractivity contribution in [2.75, 3.05) is 7.11 Å². The highest BCUT2D eigenvalue weighted by Gasteiger charge is 2.47. The van der Waals surface area contributed by atoms with Crippen molar-refractivity contribution >= 4 is 12.4 Å². The summed E-state index contributed by atoms with van der Waals surface area (Å²) in [7, 11) is 1.58. The minimum atomic E-state index is -0.838. The molecule has 2 fully saturated rings. The van der Waals surface area contributed by atoms with Gasteiger partial charge in [-0.1, -0.05) is 0 Å². The Labute approximate surface area is 95.0 Å². The van der Waals surface area contributed by atoms with Gasteiger partial charge in [0.05, 0.1) is 18.3 Å². The quantitative estimate of drug-likeness (QED) is 0.560. The fraction of sp³-hybridized carbons (Fsp3) is 1.00. The van der Waals surface area contributed by atoms with Gasteiger partial charge in [-0.15, -0.1) is 12.4 Å².